The number of rotatable bonds is 13. The summed E-state index contributed by atoms with van der Waals surface area (Å²) < 4.78 is 11.4. The van der Waals surface area contributed by atoms with Crippen LogP contribution in [-0.4, -0.2) is 24.2 Å². The van der Waals surface area contributed by atoms with Gasteiger partial charge in [-0.15, -0.1) is 0 Å². The summed E-state index contributed by atoms with van der Waals surface area (Å²) >= 11 is 0. The number of unbranched alkanes of at least 4 members (excludes halogenated alkanes) is 4. The second kappa shape index (κ2) is 11.9. The van der Waals surface area contributed by atoms with Crippen molar-refractivity contribution in [1.29, 1.82) is 0 Å². The van der Waals surface area contributed by atoms with Crippen molar-refractivity contribution in [2.45, 2.75) is 64.9 Å². The fourth-order valence-corrected chi connectivity index (χ4v) is 2.49. The van der Waals surface area contributed by atoms with Crippen LogP contribution in [0.15, 0.2) is 24.3 Å². The number of ether oxygens (including phenoxy) is 2. The van der Waals surface area contributed by atoms with Crippen molar-refractivity contribution in [3.05, 3.63) is 34.4 Å². The molecule has 0 aliphatic rings. The van der Waals surface area contributed by atoms with Crippen LogP contribution >= 0.6 is 0 Å². The minimum atomic E-state index is -0.409. The molecule has 1 atom stereocenters. The molecule has 0 bridgehead atoms. The van der Waals surface area contributed by atoms with E-state index in [0.29, 0.717) is 12.4 Å². The summed E-state index contributed by atoms with van der Waals surface area (Å²) in [5.74, 6) is 0.661. The Balaban J connectivity index is 2.27. The molecule has 0 aliphatic carbocycles. The molecule has 5 nitrogen and oxygen atoms in total. The predicted molar refractivity (Wildman–Crippen MR) is 92.0 cm³/mol. The van der Waals surface area contributed by atoms with Crippen molar-refractivity contribution in [2.24, 2.45) is 0 Å². The Labute approximate surface area is 139 Å². The largest absolute Gasteiger partial charge is 0.493 e. The van der Waals surface area contributed by atoms with E-state index in [-0.39, 0.29) is 11.8 Å². The Bertz CT molecular complexity index is 433. The van der Waals surface area contributed by atoms with E-state index < -0.39 is 4.92 Å². The Morgan fingerprint density at radius 2 is 1.74 bits per heavy atom. The number of nitrogens with zero attached hydrogens (tertiary/aromatic N) is 1. The standard InChI is InChI=1S/C18H29NO4/c1-3-5-6-7-8-9-17(22-4-2)14-15-23-18-12-10-16(11-13-18)19(20)21/h10-13,17H,3-9,14-15H2,1-2H3. The van der Waals surface area contributed by atoms with Gasteiger partial charge in [-0.05, 0) is 25.5 Å². The molecule has 0 saturated heterocycles. The summed E-state index contributed by atoms with van der Waals surface area (Å²) in [5.41, 5.74) is 0.0802. The maximum absolute atomic E-state index is 10.6. The summed E-state index contributed by atoms with van der Waals surface area (Å²) in [6.45, 7) is 5.52. The maximum Gasteiger partial charge on any atom is 0.269 e. The normalized spacial score (nSPS) is 12.1. The average Bonchev–Trinajstić information content (AvgIpc) is 2.55. The first-order chi connectivity index (χ1) is 11.2. The van der Waals surface area contributed by atoms with Crippen LogP contribution < -0.4 is 4.74 Å². The van der Waals surface area contributed by atoms with Gasteiger partial charge in [0.25, 0.3) is 5.69 Å². The molecule has 5 heteroatoms. The maximum atomic E-state index is 10.6. The van der Waals surface area contributed by atoms with E-state index in [9.17, 15) is 10.1 Å². The van der Waals surface area contributed by atoms with Crippen LogP contribution in [0.3, 0.4) is 0 Å². The van der Waals surface area contributed by atoms with E-state index in [1.165, 1.54) is 44.2 Å². The zero-order valence-electron chi connectivity index (χ0n) is 14.3. The molecular formula is C18H29NO4. The summed E-state index contributed by atoms with van der Waals surface area (Å²) in [5, 5.41) is 10.6. The minimum absolute atomic E-state index is 0.0802. The van der Waals surface area contributed by atoms with E-state index in [0.717, 1.165) is 19.4 Å². The number of non-ortho nitro benzene ring substituents is 1. The molecule has 1 rings (SSSR count). The summed E-state index contributed by atoms with van der Waals surface area (Å²) in [6, 6.07) is 6.20. The Hall–Kier alpha value is -1.62. The van der Waals surface area contributed by atoms with Gasteiger partial charge in [0, 0.05) is 25.2 Å². The van der Waals surface area contributed by atoms with Gasteiger partial charge in [0.15, 0.2) is 0 Å². The Morgan fingerprint density at radius 1 is 1.04 bits per heavy atom. The van der Waals surface area contributed by atoms with Crippen molar-refractivity contribution in [1.82, 2.24) is 0 Å². The van der Waals surface area contributed by atoms with Crippen molar-refractivity contribution < 1.29 is 14.4 Å². The summed E-state index contributed by atoms with van der Waals surface area (Å²) in [4.78, 5) is 10.2. The molecule has 1 unspecified atom stereocenters. The SMILES string of the molecule is CCCCCCCC(CCOc1ccc([N+](=O)[O-])cc1)OCC. The molecule has 0 saturated carbocycles. The molecule has 0 radical (unpaired) electrons. The van der Waals surface area contributed by atoms with Crippen LogP contribution in [0.4, 0.5) is 5.69 Å². The number of hydrogen-bond acceptors (Lipinski definition) is 4. The van der Waals surface area contributed by atoms with E-state index >= 15 is 0 Å². The molecule has 130 valence electrons. The molecule has 0 fully saturated rings. The lowest BCUT2D eigenvalue weighted by molar-refractivity contribution is -0.384. The lowest BCUT2D eigenvalue weighted by Crippen LogP contribution is -2.16. The highest BCUT2D eigenvalue weighted by Crippen LogP contribution is 2.18. The van der Waals surface area contributed by atoms with Crippen LogP contribution in [0.25, 0.3) is 0 Å². The number of nitro benzene ring substituents is 1. The van der Waals surface area contributed by atoms with Gasteiger partial charge >= 0.3 is 0 Å². The molecule has 0 heterocycles. The topological polar surface area (TPSA) is 61.6 Å². The molecule has 23 heavy (non-hydrogen) atoms. The van der Waals surface area contributed by atoms with Crippen LogP contribution in [0.5, 0.6) is 5.75 Å². The first-order valence-corrected chi connectivity index (χ1v) is 8.66. The van der Waals surface area contributed by atoms with E-state index in [1.807, 2.05) is 6.92 Å². The summed E-state index contributed by atoms with van der Waals surface area (Å²) in [7, 11) is 0. The molecule has 0 N–H and O–H groups in total. The third-order valence-corrected chi connectivity index (χ3v) is 3.79. The van der Waals surface area contributed by atoms with Crippen molar-refractivity contribution in [3.8, 4) is 5.75 Å². The third-order valence-electron chi connectivity index (χ3n) is 3.79. The van der Waals surface area contributed by atoms with Crippen molar-refractivity contribution in [2.75, 3.05) is 13.2 Å². The lowest BCUT2D eigenvalue weighted by Gasteiger charge is -2.17. The van der Waals surface area contributed by atoms with E-state index in [1.54, 1.807) is 12.1 Å². The first-order valence-electron chi connectivity index (χ1n) is 8.66. The van der Waals surface area contributed by atoms with Crippen LogP contribution in [0.1, 0.15) is 58.8 Å². The minimum Gasteiger partial charge on any atom is -0.493 e. The van der Waals surface area contributed by atoms with Gasteiger partial charge in [-0.25, -0.2) is 0 Å². The highest BCUT2D eigenvalue weighted by atomic mass is 16.6. The molecule has 0 amide bonds. The van der Waals surface area contributed by atoms with Gasteiger partial charge in [0.05, 0.1) is 17.6 Å². The first kappa shape index (κ1) is 19.4. The molecular weight excluding hydrogens is 294 g/mol. The molecule has 0 aliphatic heterocycles. The zero-order chi connectivity index (χ0) is 16.9. The van der Waals surface area contributed by atoms with E-state index in [4.69, 9.17) is 9.47 Å². The zero-order valence-corrected chi connectivity index (χ0v) is 14.3. The summed E-state index contributed by atoms with van der Waals surface area (Å²) in [6.07, 6.45) is 8.48. The van der Waals surface area contributed by atoms with E-state index in [2.05, 4.69) is 6.92 Å². The van der Waals surface area contributed by atoms with Gasteiger partial charge in [-0.2, -0.15) is 0 Å². The van der Waals surface area contributed by atoms with Crippen molar-refractivity contribution >= 4 is 5.69 Å². The number of benzene rings is 1. The lowest BCUT2D eigenvalue weighted by atomic mass is 10.1. The fraction of sp³-hybridized carbons (Fsp3) is 0.667. The fourth-order valence-electron chi connectivity index (χ4n) is 2.49. The second-order valence-electron chi connectivity index (χ2n) is 5.67. The van der Waals surface area contributed by atoms with Gasteiger partial charge < -0.3 is 9.47 Å². The number of nitro groups is 1. The van der Waals surface area contributed by atoms with Gasteiger partial charge in [-0.1, -0.05) is 39.0 Å². The van der Waals surface area contributed by atoms with Crippen LogP contribution in [0, 0.1) is 10.1 Å². The Morgan fingerprint density at radius 3 is 2.35 bits per heavy atom. The quantitative estimate of drug-likeness (QED) is 0.287. The highest BCUT2D eigenvalue weighted by Gasteiger charge is 2.09. The monoisotopic (exact) mass is 323 g/mol. The predicted octanol–water partition coefficient (Wildman–Crippen LogP) is 5.13. The van der Waals surface area contributed by atoms with Crippen molar-refractivity contribution in [3.63, 3.8) is 0 Å². The Kier molecular flexibility index (Phi) is 10.0. The van der Waals surface area contributed by atoms with Gasteiger partial charge in [0.1, 0.15) is 5.75 Å². The van der Waals surface area contributed by atoms with Gasteiger partial charge in [0.2, 0.25) is 0 Å². The smallest absolute Gasteiger partial charge is 0.269 e. The molecule has 1 aromatic rings. The third kappa shape index (κ3) is 8.55. The van der Waals surface area contributed by atoms with Gasteiger partial charge in [-0.3, -0.25) is 10.1 Å². The number of hydrogen-bond donors (Lipinski definition) is 0. The molecule has 0 aromatic heterocycles. The molecule has 0 spiro atoms. The van der Waals surface area contributed by atoms with Crippen LogP contribution in [-0.2, 0) is 4.74 Å². The average molecular weight is 323 g/mol. The van der Waals surface area contributed by atoms with Crippen LogP contribution in [0.2, 0.25) is 0 Å². The highest BCUT2D eigenvalue weighted by molar-refractivity contribution is 5.35. The molecule has 1 aromatic carbocycles. The second-order valence-corrected chi connectivity index (χ2v) is 5.67.